The molecule has 0 aliphatic rings. The van der Waals surface area contributed by atoms with Crippen LogP contribution in [-0.2, 0) is 6.18 Å². The van der Waals surface area contributed by atoms with Crippen molar-refractivity contribution in [2.45, 2.75) is 13.1 Å². The summed E-state index contributed by atoms with van der Waals surface area (Å²) >= 11 is 0. The Morgan fingerprint density at radius 1 is 1.16 bits per heavy atom. The third-order valence-electron chi connectivity index (χ3n) is 4.60. The summed E-state index contributed by atoms with van der Waals surface area (Å²) in [4.78, 5) is 20.6. The lowest BCUT2D eigenvalue weighted by Crippen LogP contribution is -2.21. The van der Waals surface area contributed by atoms with E-state index in [1.54, 1.807) is 31.2 Å². The van der Waals surface area contributed by atoms with Gasteiger partial charge in [-0.05, 0) is 18.6 Å². The number of rotatable bonds is 3. The average molecular weight is 422 g/mol. The molecule has 4 rings (SSSR count). The highest BCUT2D eigenvalue weighted by Gasteiger charge is 2.41. The summed E-state index contributed by atoms with van der Waals surface area (Å²) in [6, 6.07) is 10.1. The predicted octanol–water partition coefficient (Wildman–Crippen LogP) is 4.27. The predicted molar refractivity (Wildman–Crippen MR) is 106 cm³/mol. The van der Waals surface area contributed by atoms with Crippen molar-refractivity contribution in [3.8, 4) is 11.8 Å². The molecule has 31 heavy (non-hydrogen) atoms. The van der Waals surface area contributed by atoms with Crippen LogP contribution >= 0.6 is 0 Å². The molecular weight excluding hydrogens is 409 g/mol. The minimum absolute atomic E-state index is 0.0976. The number of amides is 1. The van der Waals surface area contributed by atoms with Gasteiger partial charge in [-0.15, -0.1) is 0 Å². The Labute approximate surface area is 173 Å². The first-order valence-electron chi connectivity index (χ1n) is 8.96. The number of hydrogen-bond acceptors (Lipinski definition) is 5. The summed E-state index contributed by atoms with van der Waals surface area (Å²) in [6.45, 7) is 1.61. The lowest BCUT2D eigenvalue weighted by molar-refractivity contribution is -0.143. The first kappa shape index (κ1) is 20.0. The molecule has 7 nitrogen and oxygen atoms in total. The summed E-state index contributed by atoms with van der Waals surface area (Å²) in [5.74, 6) is -1.00. The van der Waals surface area contributed by atoms with E-state index in [2.05, 4.69) is 20.4 Å². The van der Waals surface area contributed by atoms with E-state index >= 15 is 0 Å². The first-order chi connectivity index (χ1) is 14.8. The molecule has 0 atom stereocenters. The highest BCUT2D eigenvalue weighted by atomic mass is 19.4. The van der Waals surface area contributed by atoms with Crippen LogP contribution in [0.5, 0.6) is 0 Å². The van der Waals surface area contributed by atoms with E-state index in [-0.39, 0.29) is 17.1 Å². The molecule has 4 aromatic rings. The molecule has 1 N–H and O–H groups in total. The zero-order chi connectivity index (χ0) is 22.2. The fraction of sp³-hybridized carbons (Fsp3) is 0.0952. The number of alkyl halides is 3. The minimum Gasteiger partial charge on any atom is -0.320 e. The van der Waals surface area contributed by atoms with Crippen LogP contribution in [0, 0.1) is 18.3 Å². The number of pyridine rings is 2. The van der Waals surface area contributed by atoms with E-state index in [1.807, 2.05) is 6.07 Å². The van der Waals surface area contributed by atoms with Gasteiger partial charge in [0, 0.05) is 17.0 Å². The molecule has 0 spiro atoms. The van der Waals surface area contributed by atoms with E-state index in [0.717, 1.165) is 6.20 Å². The molecule has 3 heterocycles. The number of aryl methyl sites for hydroxylation is 1. The van der Waals surface area contributed by atoms with Crippen molar-refractivity contribution in [2.24, 2.45) is 0 Å². The fourth-order valence-electron chi connectivity index (χ4n) is 3.20. The molecule has 0 saturated carbocycles. The molecule has 0 radical (unpaired) electrons. The maximum atomic E-state index is 14.0. The average Bonchev–Trinajstić information content (AvgIpc) is 3.19. The molecule has 154 valence electrons. The van der Waals surface area contributed by atoms with Crippen LogP contribution in [0.25, 0.3) is 16.5 Å². The molecule has 1 aromatic carbocycles. The maximum Gasteiger partial charge on any atom is 0.434 e. The number of nitrogens with zero attached hydrogens (tertiary/aromatic N) is 5. The van der Waals surface area contributed by atoms with Crippen LogP contribution in [0.15, 0.2) is 55.1 Å². The quantitative estimate of drug-likeness (QED) is 0.532. The van der Waals surface area contributed by atoms with Gasteiger partial charge in [0.25, 0.3) is 5.91 Å². The third kappa shape index (κ3) is 3.69. The molecule has 0 saturated heterocycles. The van der Waals surface area contributed by atoms with Gasteiger partial charge in [0.05, 0.1) is 35.5 Å². The Morgan fingerprint density at radius 3 is 2.65 bits per heavy atom. The van der Waals surface area contributed by atoms with Crippen LogP contribution in [0.3, 0.4) is 0 Å². The number of fused-ring (bicyclic) bond motifs is 1. The summed E-state index contributed by atoms with van der Waals surface area (Å²) in [6.07, 6.45) is 0.00216. The molecule has 0 bridgehead atoms. The number of nitriles is 1. The molecule has 0 aliphatic heterocycles. The molecular formula is C21H13F3N6O. The van der Waals surface area contributed by atoms with Gasteiger partial charge in [0.2, 0.25) is 0 Å². The Kier molecular flexibility index (Phi) is 4.87. The second-order valence-electron chi connectivity index (χ2n) is 6.65. The van der Waals surface area contributed by atoms with Gasteiger partial charge >= 0.3 is 6.18 Å². The number of carbonyl (C=O) groups is 1. The van der Waals surface area contributed by atoms with Crippen molar-refractivity contribution >= 4 is 22.4 Å². The van der Waals surface area contributed by atoms with Gasteiger partial charge in [0.15, 0.2) is 5.69 Å². The minimum atomic E-state index is -4.86. The smallest absolute Gasteiger partial charge is 0.320 e. The third-order valence-corrected chi connectivity index (χ3v) is 4.60. The van der Waals surface area contributed by atoms with Crippen LogP contribution in [0.4, 0.5) is 18.9 Å². The number of hydrogen-bond donors (Lipinski definition) is 1. The first-order valence-corrected chi connectivity index (χ1v) is 8.96. The molecule has 0 aliphatic carbocycles. The number of nitrogens with one attached hydrogen (secondary N) is 1. The number of halogens is 3. The molecule has 3 aromatic heterocycles. The van der Waals surface area contributed by atoms with Gasteiger partial charge in [-0.25, -0.2) is 9.67 Å². The number of anilines is 1. The van der Waals surface area contributed by atoms with Crippen molar-refractivity contribution < 1.29 is 18.0 Å². The van der Waals surface area contributed by atoms with Crippen molar-refractivity contribution in [2.75, 3.05) is 5.32 Å². The fourth-order valence-corrected chi connectivity index (χ4v) is 3.20. The van der Waals surface area contributed by atoms with Gasteiger partial charge in [-0.1, -0.05) is 24.3 Å². The number of aromatic nitrogens is 4. The second-order valence-corrected chi connectivity index (χ2v) is 6.65. The summed E-state index contributed by atoms with van der Waals surface area (Å²) in [5.41, 5.74) is -0.974. The van der Waals surface area contributed by atoms with Crippen LogP contribution < -0.4 is 5.32 Å². The number of carbonyl (C=O) groups excluding carboxylic acids is 1. The van der Waals surface area contributed by atoms with E-state index in [9.17, 15) is 18.0 Å². The van der Waals surface area contributed by atoms with Gasteiger partial charge in [-0.3, -0.25) is 9.78 Å². The van der Waals surface area contributed by atoms with E-state index in [1.165, 1.54) is 24.7 Å². The van der Waals surface area contributed by atoms with Crippen LogP contribution in [0.1, 0.15) is 27.3 Å². The number of benzene rings is 1. The van der Waals surface area contributed by atoms with E-state index in [0.29, 0.717) is 21.0 Å². The van der Waals surface area contributed by atoms with Gasteiger partial charge < -0.3 is 5.32 Å². The van der Waals surface area contributed by atoms with Crippen molar-refractivity contribution in [3.05, 3.63) is 77.6 Å². The molecule has 0 fully saturated rings. The summed E-state index contributed by atoms with van der Waals surface area (Å²) < 4.78 is 42.6. The van der Waals surface area contributed by atoms with E-state index < -0.39 is 23.3 Å². The second kappa shape index (κ2) is 7.53. The SMILES string of the molecule is Cc1cc(NC(=O)c2cnn(-c3cncc4ccccc34)c2C(F)(F)F)cnc1C#N. The monoisotopic (exact) mass is 422 g/mol. The van der Waals surface area contributed by atoms with Crippen LogP contribution in [-0.4, -0.2) is 25.7 Å². The van der Waals surface area contributed by atoms with Gasteiger partial charge in [0.1, 0.15) is 11.8 Å². The summed E-state index contributed by atoms with van der Waals surface area (Å²) in [7, 11) is 0. The van der Waals surface area contributed by atoms with Crippen molar-refractivity contribution in [1.82, 2.24) is 19.7 Å². The molecule has 0 unspecified atom stereocenters. The maximum absolute atomic E-state index is 14.0. The summed E-state index contributed by atoms with van der Waals surface area (Å²) in [5, 5.41) is 16.3. The lowest BCUT2D eigenvalue weighted by atomic mass is 10.1. The van der Waals surface area contributed by atoms with Gasteiger partial charge in [-0.2, -0.15) is 23.5 Å². The zero-order valence-electron chi connectivity index (χ0n) is 16.0. The van der Waals surface area contributed by atoms with E-state index in [4.69, 9.17) is 5.26 Å². The molecule has 10 heteroatoms. The zero-order valence-corrected chi connectivity index (χ0v) is 16.0. The largest absolute Gasteiger partial charge is 0.434 e. The Bertz CT molecular complexity index is 1350. The van der Waals surface area contributed by atoms with Crippen molar-refractivity contribution in [1.29, 1.82) is 5.26 Å². The molecule has 1 amide bonds. The standard InChI is InChI=1S/C21H13F3N6O/c1-12-6-14(9-27-17(12)7-25)29-20(31)16-10-28-30(19(16)21(22,23)24)18-11-26-8-13-4-2-3-5-15(13)18/h2-6,8-11H,1H3,(H,29,31). The Morgan fingerprint density at radius 2 is 1.94 bits per heavy atom. The van der Waals surface area contributed by atoms with Crippen molar-refractivity contribution in [3.63, 3.8) is 0 Å². The Hall–Kier alpha value is -4.26. The normalized spacial score (nSPS) is 11.3. The topological polar surface area (TPSA) is 96.5 Å². The highest BCUT2D eigenvalue weighted by molar-refractivity contribution is 6.05. The lowest BCUT2D eigenvalue weighted by Gasteiger charge is -2.14. The highest BCUT2D eigenvalue weighted by Crippen LogP contribution is 2.35. The van der Waals surface area contributed by atoms with Crippen LogP contribution in [0.2, 0.25) is 0 Å². The Balaban J connectivity index is 1.80.